The minimum absolute atomic E-state index is 0.0236. The Hall–Kier alpha value is -3.35. The van der Waals surface area contributed by atoms with Crippen molar-refractivity contribution in [3.05, 3.63) is 69.3 Å². The molecule has 0 N–H and O–H groups in total. The van der Waals surface area contributed by atoms with E-state index in [4.69, 9.17) is 13.9 Å². The van der Waals surface area contributed by atoms with E-state index in [1.807, 2.05) is 6.92 Å². The average molecular weight is 383 g/mol. The fourth-order valence-corrected chi connectivity index (χ4v) is 3.58. The van der Waals surface area contributed by atoms with Gasteiger partial charge in [0.25, 0.3) is 5.91 Å². The third-order valence-electron chi connectivity index (χ3n) is 4.87. The van der Waals surface area contributed by atoms with Crippen LogP contribution in [-0.2, 0) is 0 Å². The first-order valence-electron chi connectivity index (χ1n) is 8.80. The first-order valence-corrected chi connectivity index (χ1v) is 8.80. The van der Waals surface area contributed by atoms with E-state index in [0.717, 1.165) is 6.07 Å². The molecule has 2 aromatic carbocycles. The summed E-state index contributed by atoms with van der Waals surface area (Å²) in [6.07, 6.45) is 0. The second-order valence-corrected chi connectivity index (χ2v) is 6.48. The molecule has 4 rings (SSSR count). The van der Waals surface area contributed by atoms with Crippen molar-refractivity contribution in [3.8, 4) is 11.5 Å². The molecule has 1 atom stereocenters. The number of carbonyl (C=O) groups is 1. The molecule has 144 valence electrons. The Bertz CT molecular complexity index is 1150. The van der Waals surface area contributed by atoms with E-state index >= 15 is 0 Å². The molecule has 0 aliphatic carbocycles. The van der Waals surface area contributed by atoms with Crippen LogP contribution in [0.15, 0.2) is 45.6 Å². The van der Waals surface area contributed by atoms with Gasteiger partial charge in [0.1, 0.15) is 11.4 Å². The lowest BCUT2D eigenvalue weighted by atomic mass is 9.98. The molecule has 1 aliphatic heterocycles. The molecule has 1 unspecified atom stereocenters. The molecule has 0 fully saturated rings. The summed E-state index contributed by atoms with van der Waals surface area (Å²) >= 11 is 0. The van der Waals surface area contributed by atoms with Crippen molar-refractivity contribution in [1.29, 1.82) is 0 Å². The molecule has 28 heavy (non-hydrogen) atoms. The summed E-state index contributed by atoms with van der Waals surface area (Å²) in [5.41, 5.74) is 0.609. The molecule has 7 heteroatoms. The van der Waals surface area contributed by atoms with Crippen LogP contribution in [0.5, 0.6) is 11.5 Å². The number of rotatable bonds is 4. The summed E-state index contributed by atoms with van der Waals surface area (Å²) in [4.78, 5) is 27.3. The van der Waals surface area contributed by atoms with Crippen LogP contribution < -0.4 is 14.9 Å². The van der Waals surface area contributed by atoms with Gasteiger partial charge in [-0.25, -0.2) is 4.39 Å². The van der Waals surface area contributed by atoms with Crippen LogP contribution in [0.1, 0.15) is 34.6 Å². The molecule has 3 aromatic rings. The summed E-state index contributed by atoms with van der Waals surface area (Å²) in [6.45, 7) is 2.34. The van der Waals surface area contributed by atoms with E-state index in [-0.39, 0.29) is 22.3 Å². The van der Waals surface area contributed by atoms with E-state index in [2.05, 4.69) is 0 Å². The molecule has 1 aliphatic rings. The van der Waals surface area contributed by atoms with Crippen LogP contribution >= 0.6 is 0 Å². The minimum atomic E-state index is -0.670. The summed E-state index contributed by atoms with van der Waals surface area (Å²) < 4.78 is 30.3. The molecular weight excluding hydrogens is 365 g/mol. The van der Waals surface area contributed by atoms with Crippen molar-refractivity contribution in [2.75, 3.05) is 20.8 Å². The van der Waals surface area contributed by atoms with E-state index in [0.29, 0.717) is 23.7 Å². The molecule has 0 spiro atoms. The maximum Gasteiger partial charge on any atom is 0.290 e. The summed E-state index contributed by atoms with van der Waals surface area (Å²) in [5, 5.41) is 0.102. The van der Waals surface area contributed by atoms with Crippen molar-refractivity contribution in [2.24, 2.45) is 0 Å². The van der Waals surface area contributed by atoms with Crippen molar-refractivity contribution in [1.82, 2.24) is 4.90 Å². The molecule has 0 saturated heterocycles. The number of fused-ring (bicyclic) bond motifs is 2. The minimum Gasteiger partial charge on any atom is -0.493 e. The van der Waals surface area contributed by atoms with E-state index in [1.54, 1.807) is 25.2 Å². The predicted molar refractivity (Wildman–Crippen MR) is 101 cm³/mol. The molecule has 6 nitrogen and oxygen atoms in total. The number of carbonyl (C=O) groups excluding carboxylic acids is 1. The molecule has 0 radical (unpaired) electrons. The normalized spacial score (nSPS) is 15.8. The number of hydrogen-bond acceptors (Lipinski definition) is 5. The van der Waals surface area contributed by atoms with Gasteiger partial charge in [-0.2, -0.15) is 0 Å². The Morgan fingerprint density at radius 2 is 1.93 bits per heavy atom. The van der Waals surface area contributed by atoms with Crippen molar-refractivity contribution >= 4 is 16.9 Å². The summed E-state index contributed by atoms with van der Waals surface area (Å²) in [7, 11) is 3.11. The lowest BCUT2D eigenvalue weighted by molar-refractivity contribution is 0.0771. The van der Waals surface area contributed by atoms with Crippen LogP contribution in [0, 0.1) is 5.82 Å². The van der Waals surface area contributed by atoms with Gasteiger partial charge in [-0.05, 0) is 42.8 Å². The van der Waals surface area contributed by atoms with Gasteiger partial charge < -0.3 is 18.8 Å². The smallest absolute Gasteiger partial charge is 0.290 e. The fourth-order valence-electron chi connectivity index (χ4n) is 3.58. The van der Waals surface area contributed by atoms with Crippen LogP contribution in [0.2, 0.25) is 0 Å². The quantitative estimate of drug-likeness (QED) is 0.690. The molecule has 1 amide bonds. The van der Waals surface area contributed by atoms with Gasteiger partial charge in [0.2, 0.25) is 5.76 Å². The average Bonchev–Trinajstić information content (AvgIpc) is 2.94. The maximum absolute atomic E-state index is 13.7. The van der Waals surface area contributed by atoms with E-state index < -0.39 is 23.2 Å². The second kappa shape index (κ2) is 6.67. The van der Waals surface area contributed by atoms with Crippen molar-refractivity contribution < 1.29 is 23.1 Å². The number of nitrogens with zero attached hydrogens (tertiary/aromatic N) is 1. The van der Waals surface area contributed by atoms with Gasteiger partial charge >= 0.3 is 0 Å². The number of ether oxygens (including phenoxy) is 2. The Kier molecular flexibility index (Phi) is 4.30. The SMILES string of the molecule is CCOc1ccc(C2c3c(oc4ccc(F)cc4c3=O)C(=O)N2C)cc1OC. The first-order chi connectivity index (χ1) is 13.5. The number of halogens is 1. The zero-order valence-corrected chi connectivity index (χ0v) is 15.6. The number of methoxy groups -OCH3 is 1. The second-order valence-electron chi connectivity index (χ2n) is 6.48. The maximum atomic E-state index is 13.7. The number of amides is 1. The molecule has 1 aromatic heterocycles. The van der Waals surface area contributed by atoms with Crippen LogP contribution in [0.25, 0.3) is 11.0 Å². The highest BCUT2D eigenvalue weighted by Crippen LogP contribution is 2.40. The molecule has 0 bridgehead atoms. The molecular formula is C21H18FNO5. The topological polar surface area (TPSA) is 69.0 Å². The lowest BCUT2D eigenvalue weighted by Gasteiger charge is -2.21. The highest BCUT2D eigenvalue weighted by molar-refractivity contribution is 5.98. The van der Waals surface area contributed by atoms with Crippen molar-refractivity contribution in [3.63, 3.8) is 0 Å². The van der Waals surface area contributed by atoms with Gasteiger partial charge in [0.15, 0.2) is 16.9 Å². The Labute approximate surface area is 160 Å². The van der Waals surface area contributed by atoms with Gasteiger partial charge in [-0.1, -0.05) is 6.07 Å². The summed E-state index contributed by atoms with van der Waals surface area (Å²) in [6, 6.07) is 8.23. The van der Waals surface area contributed by atoms with Crippen molar-refractivity contribution in [2.45, 2.75) is 13.0 Å². The largest absolute Gasteiger partial charge is 0.493 e. The highest BCUT2D eigenvalue weighted by atomic mass is 19.1. The number of hydrogen-bond donors (Lipinski definition) is 0. The standard InChI is InChI=1S/C21H18FNO5/c1-4-27-15-7-5-11(9-16(15)26-3)18-17-19(24)13-10-12(22)6-8-14(13)28-20(17)21(25)23(18)2/h5-10,18H,4H2,1-3H3. The molecule has 0 saturated carbocycles. The van der Waals surface area contributed by atoms with Gasteiger partial charge in [-0.15, -0.1) is 0 Å². The Balaban J connectivity index is 1.94. The zero-order chi connectivity index (χ0) is 20.0. The Morgan fingerprint density at radius 3 is 2.64 bits per heavy atom. The van der Waals surface area contributed by atoms with E-state index in [9.17, 15) is 14.0 Å². The fraction of sp³-hybridized carbons (Fsp3) is 0.238. The molecule has 2 heterocycles. The van der Waals surface area contributed by atoms with Gasteiger partial charge in [0, 0.05) is 7.05 Å². The number of benzene rings is 2. The van der Waals surface area contributed by atoms with E-state index in [1.165, 1.54) is 24.1 Å². The Morgan fingerprint density at radius 1 is 1.14 bits per heavy atom. The van der Waals surface area contributed by atoms with Crippen LogP contribution in [0.4, 0.5) is 4.39 Å². The zero-order valence-electron chi connectivity index (χ0n) is 15.6. The first kappa shape index (κ1) is 18.0. The third kappa shape index (κ3) is 2.62. The lowest BCUT2D eigenvalue weighted by Crippen LogP contribution is -2.25. The van der Waals surface area contributed by atoms with Crippen LogP contribution in [0.3, 0.4) is 0 Å². The summed E-state index contributed by atoms with van der Waals surface area (Å²) in [5.74, 6) is 0.0794. The van der Waals surface area contributed by atoms with Crippen LogP contribution in [-0.4, -0.2) is 31.6 Å². The monoisotopic (exact) mass is 383 g/mol. The van der Waals surface area contributed by atoms with Gasteiger partial charge in [0.05, 0.1) is 30.7 Å². The predicted octanol–water partition coefficient (Wildman–Crippen LogP) is 3.51. The third-order valence-corrected chi connectivity index (χ3v) is 4.87. The highest BCUT2D eigenvalue weighted by Gasteiger charge is 2.41. The van der Waals surface area contributed by atoms with Gasteiger partial charge in [-0.3, -0.25) is 9.59 Å².